The second-order valence-electron chi connectivity index (χ2n) is 5.10. The molecule has 5 heteroatoms. The standard InChI is InChI=1S/C15H35NO3Si/c1-6-16(7-2)12-10-13-17-14-11-15-20(5,18-8-3)19-9-4/h6-15H2,1-5H3. The fraction of sp³-hybridized carbons (Fsp3) is 1.00. The molecule has 0 spiro atoms. The van der Waals surface area contributed by atoms with Gasteiger partial charge in [-0.05, 0) is 52.4 Å². The van der Waals surface area contributed by atoms with Crippen LogP contribution in [0.2, 0.25) is 12.6 Å². The minimum absolute atomic E-state index is 0.744. The van der Waals surface area contributed by atoms with Crippen LogP contribution in [0.1, 0.15) is 40.5 Å². The molecule has 0 rings (SSSR count). The molecule has 0 aliphatic heterocycles. The van der Waals surface area contributed by atoms with Crippen LogP contribution in [-0.4, -0.2) is 59.5 Å². The van der Waals surface area contributed by atoms with Gasteiger partial charge in [0.1, 0.15) is 0 Å². The number of ether oxygens (including phenoxy) is 1. The van der Waals surface area contributed by atoms with Crippen molar-refractivity contribution in [2.75, 3.05) is 46.1 Å². The van der Waals surface area contributed by atoms with Crippen molar-refractivity contribution in [2.24, 2.45) is 0 Å². The monoisotopic (exact) mass is 305 g/mol. The average molecular weight is 306 g/mol. The summed E-state index contributed by atoms with van der Waals surface area (Å²) in [5.74, 6) is 0. The summed E-state index contributed by atoms with van der Waals surface area (Å²) in [7, 11) is -1.94. The molecule has 0 saturated heterocycles. The highest BCUT2D eigenvalue weighted by atomic mass is 28.4. The van der Waals surface area contributed by atoms with E-state index in [-0.39, 0.29) is 0 Å². The smallest absolute Gasteiger partial charge is 0.334 e. The maximum atomic E-state index is 5.81. The molecule has 0 aromatic rings. The lowest BCUT2D eigenvalue weighted by Gasteiger charge is -2.25. The third kappa shape index (κ3) is 9.88. The lowest BCUT2D eigenvalue weighted by molar-refractivity contribution is 0.118. The van der Waals surface area contributed by atoms with Crippen LogP contribution in [-0.2, 0) is 13.6 Å². The van der Waals surface area contributed by atoms with Crippen molar-refractivity contribution in [3.63, 3.8) is 0 Å². The summed E-state index contributed by atoms with van der Waals surface area (Å²) in [6.45, 7) is 17.2. The molecule has 0 fully saturated rings. The highest BCUT2D eigenvalue weighted by Crippen LogP contribution is 2.15. The van der Waals surface area contributed by atoms with E-state index in [1.807, 2.05) is 13.8 Å². The van der Waals surface area contributed by atoms with Crippen LogP contribution in [0.15, 0.2) is 0 Å². The lowest BCUT2D eigenvalue weighted by Crippen LogP contribution is -2.38. The van der Waals surface area contributed by atoms with Gasteiger partial charge >= 0.3 is 8.56 Å². The van der Waals surface area contributed by atoms with Crippen molar-refractivity contribution in [1.29, 1.82) is 0 Å². The molecule has 0 saturated carbocycles. The summed E-state index contributed by atoms with van der Waals surface area (Å²) < 4.78 is 17.3. The van der Waals surface area contributed by atoms with Gasteiger partial charge in [-0.3, -0.25) is 0 Å². The molecule has 0 heterocycles. The van der Waals surface area contributed by atoms with Crippen LogP contribution < -0.4 is 0 Å². The first kappa shape index (κ1) is 20.1. The lowest BCUT2D eigenvalue weighted by atomic mass is 10.4. The number of hydrogen-bond donors (Lipinski definition) is 0. The first-order valence-electron chi connectivity index (χ1n) is 8.19. The zero-order chi connectivity index (χ0) is 15.3. The predicted octanol–water partition coefficient (Wildman–Crippen LogP) is 3.27. The number of nitrogens with zero attached hydrogens (tertiary/aromatic N) is 1. The first-order valence-corrected chi connectivity index (χ1v) is 10.7. The predicted molar refractivity (Wildman–Crippen MR) is 87.5 cm³/mol. The third-order valence-corrected chi connectivity index (χ3v) is 6.54. The SMILES string of the molecule is CCO[Si](C)(CCCOCCCN(CC)CC)OCC. The Kier molecular flexibility index (Phi) is 12.8. The van der Waals surface area contributed by atoms with Crippen LogP contribution in [0.25, 0.3) is 0 Å². The van der Waals surface area contributed by atoms with Gasteiger partial charge in [-0.25, -0.2) is 0 Å². The Bertz CT molecular complexity index is 207. The summed E-state index contributed by atoms with van der Waals surface area (Å²) in [6.07, 6.45) is 2.15. The molecule has 0 aliphatic rings. The van der Waals surface area contributed by atoms with E-state index in [1.165, 1.54) is 0 Å². The van der Waals surface area contributed by atoms with E-state index in [9.17, 15) is 0 Å². The largest absolute Gasteiger partial charge is 0.395 e. The molecule has 0 aromatic heterocycles. The highest BCUT2D eigenvalue weighted by molar-refractivity contribution is 6.66. The maximum Gasteiger partial charge on any atom is 0.334 e. The Hall–Kier alpha value is 0.0569. The maximum absolute atomic E-state index is 5.81. The van der Waals surface area contributed by atoms with Gasteiger partial charge in [-0.15, -0.1) is 0 Å². The molecule has 122 valence electrons. The summed E-state index contributed by atoms with van der Waals surface area (Å²) >= 11 is 0. The van der Waals surface area contributed by atoms with Gasteiger partial charge < -0.3 is 18.5 Å². The highest BCUT2D eigenvalue weighted by Gasteiger charge is 2.29. The van der Waals surface area contributed by atoms with Gasteiger partial charge in [0, 0.05) is 33.0 Å². The van der Waals surface area contributed by atoms with Gasteiger partial charge in [-0.1, -0.05) is 13.8 Å². The van der Waals surface area contributed by atoms with E-state index in [1.54, 1.807) is 0 Å². The second-order valence-corrected chi connectivity index (χ2v) is 8.44. The van der Waals surface area contributed by atoms with Crippen molar-refractivity contribution >= 4 is 8.56 Å². The van der Waals surface area contributed by atoms with E-state index in [4.69, 9.17) is 13.6 Å². The van der Waals surface area contributed by atoms with Crippen molar-refractivity contribution in [3.8, 4) is 0 Å². The topological polar surface area (TPSA) is 30.9 Å². The Balaban J connectivity index is 3.59. The summed E-state index contributed by atoms with van der Waals surface area (Å²) in [5.41, 5.74) is 0. The van der Waals surface area contributed by atoms with Gasteiger partial charge in [0.15, 0.2) is 0 Å². The van der Waals surface area contributed by atoms with Crippen LogP contribution in [0.3, 0.4) is 0 Å². The Morgan fingerprint density at radius 2 is 1.40 bits per heavy atom. The zero-order valence-corrected chi connectivity index (χ0v) is 15.2. The fourth-order valence-electron chi connectivity index (χ4n) is 2.32. The zero-order valence-electron chi connectivity index (χ0n) is 14.2. The number of hydrogen-bond acceptors (Lipinski definition) is 4. The molecular formula is C15H35NO3Si. The molecule has 0 radical (unpaired) electrons. The van der Waals surface area contributed by atoms with E-state index < -0.39 is 8.56 Å². The quantitative estimate of drug-likeness (QED) is 0.364. The van der Waals surface area contributed by atoms with Gasteiger partial charge in [0.25, 0.3) is 0 Å². The molecule has 0 aliphatic carbocycles. The third-order valence-electron chi connectivity index (χ3n) is 3.48. The van der Waals surface area contributed by atoms with Crippen molar-refractivity contribution in [3.05, 3.63) is 0 Å². The molecule has 0 atom stereocenters. The van der Waals surface area contributed by atoms with Crippen molar-refractivity contribution in [1.82, 2.24) is 4.90 Å². The average Bonchev–Trinajstić information content (AvgIpc) is 2.42. The van der Waals surface area contributed by atoms with Crippen molar-refractivity contribution in [2.45, 2.75) is 53.1 Å². The Labute approximate surface area is 127 Å². The summed E-state index contributed by atoms with van der Waals surface area (Å²) in [4.78, 5) is 2.43. The minimum Gasteiger partial charge on any atom is -0.395 e. The second kappa shape index (κ2) is 12.8. The minimum atomic E-state index is -1.94. The first-order chi connectivity index (χ1) is 9.61. The van der Waals surface area contributed by atoms with Gasteiger partial charge in [0.2, 0.25) is 0 Å². The Morgan fingerprint density at radius 1 is 0.850 bits per heavy atom. The normalized spacial score (nSPS) is 12.3. The van der Waals surface area contributed by atoms with E-state index in [0.717, 1.165) is 64.9 Å². The Morgan fingerprint density at radius 3 is 1.90 bits per heavy atom. The molecule has 0 N–H and O–H groups in total. The van der Waals surface area contributed by atoms with E-state index in [2.05, 4.69) is 25.3 Å². The molecule has 4 nitrogen and oxygen atoms in total. The fourth-order valence-corrected chi connectivity index (χ4v) is 4.70. The molecule has 0 aromatic carbocycles. The van der Waals surface area contributed by atoms with Crippen LogP contribution >= 0.6 is 0 Å². The molecule has 0 bridgehead atoms. The van der Waals surface area contributed by atoms with E-state index >= 15 is 0 Å². The molecule has 0 amide bonds. The van der Waals surface area contributed by atoms with E-state index in [0.29, 0.717) is 0 Å². The van der Waals surface area contributed by atoms with Crippen molar-refractivity contribution < 1.29 is 13.6 Å². The summed E-state index contributed by atoms with van der Waals surface area (Å²) in [5, 5.41) is 0. The van der Waals surface area contributed by atoms with Crippen LogP contribution in [0.4, 0.5) is 0 Å². The number of rotatable bonds is 14. The molecule has 0 unspecified atom stereocenters. The summed E-state index contributed by atoms with van der Waals surface area (Å²) in [6, 6.07) is 1.02. The van der Waals surface area contributed by atoms with Gasteiger partial charge in [0.05, 0.1) is 0 Å². The van der Waals surface area contributed by atoms with Crippen LogP contribution in [0, 0.1) is 0 Å². The molecular weight excluding hydrogens is 270 g/mol. The van der Waals surface area contributed by atoms with Gasteiger partial charge in [-0.2, -0.15) is 0 Å². The van der Waals surface area contributed by atoms with Crippen LogP contribution in [0.5, 0.6) is 0 Å². The molecule has 20 heavy (non-hydrogen) atoms.